The van der Waals surface area contributed by atoms with Gasteiger partial charge in [0.2, 0.25) is 0 Å². The molecule has 0 bridgehead atoms. The molecule has 0 saturated heterocycles. The van der Waals surface area contributed by atoms with E-state index in [2.05, 4.69) is 5.32 Å². The lowest BCUT2D eigenvalue weighted by atomic mass is 9.98. The molecular formula is C27H23NO2. The lowest BCUT2D eigenvalue weighted by molar-refractivity contribution is 0.0943. The lowest BCUT2D eigenvalue weighted by Gasteiger charge is -2.20. The smallest absolute Gasteiger partial charge is 0.252 e. The number of rotatable bonds is 6. The topological polar surface area (TPSA) is 38.3 Å². The maximum absolute atomic E-state index is 13.0. The molecule has 0 aliphatic heterocycles. The van der Waals surface area contributed by atoms with Crippen LogP contribution in [0.15, 0.2) is 109 Å². The van der Waals surface area contributed by atoms with Crippen LogP contribution in [-0.2, 0) is 0 Å². The molecule has 0 fully saturated rings. The molecule has 4 rings (SSSR count). The fraction of sp³-hybridized carbons (Fsp3) is 0.0741. The molecule has 0 aromatic heterocycles. The predicted molar refractivity (Wildman–Crippen MR) is 120 cm³/mol. The molecule has 3 heteroatoms. The zero-order chi connectivity index (χ0) is 20.8. The molecule has 4 aromatic carbocycles. The Bertz CT molecular complexity index is 1070. The highest BCUT2D eigenvalue weighted by atomic mass is 16.5. The quantitative estimate of drug-likeness (QED) is 0.417. The number of benzene rings is 4. The van der Waals surface area contributed by atoms with Gasteiger partial charge in [-0.05, 0) is 60.0 Å². The summed E-state index contributed by atoms with van der Waals surface area (Å²) in [6, 6.07) is 34.8. The van der Waals surface area contributed by atoms with E-state index in [4.69, 9.17) is 4.74 Å². The maximum atomic E-state index is 13.0. The Hall–Kier alpha value is -3.85. The van der Waals surface area contributed by atoms with Crippen LogP contribution in [0.25, 0.3) is 0 Å². The number of amides is 1. The Labute approximate surface area is 177 Å². The van der Waals surface area contributed by atoms with E-state index in [1.807, 2.05) is 104 Å². The normalized spacial score (nSPS) is 10.6. The molecule has 0 unspecified atom stereocenters. The Morgan fingerprint density at radius 1 is 0.700 bits per heavy atom. The van der Waals surface area contributed by atoms with Crippen molar-refractivity contribution < 1.29 is 9.53 Å². The second kappa shape index (κ2) is 9.10. The summed E-state index contributed by atoms with van der Waals surface area (Å²) in [5.74, 6) is 1.34. The molecule has 0 spiro atoms. The van der Waals surface area contributed by atoms with Crippen molar-refractivity contribution in [3.05, 3.63) is 131 Å². The maximum Gasteiger partial charge on any atom is 0.252 e. The Morgan fingerprint density at radius 2 is 1.30 bits per heavy atom. The first kappa shape index (κ1) is 19.5. The highest BCUT2D eigenvalue weighted by Crippen LogP contribution is 2.24. The number of carbonyl (C=O) groups is 1. The van der Waals surface area contributed by atoms with Crippen LogP contribution in [-0.4, -0.2) is 5.91 Å². The van der Waals surface area contributed by atoms with Gasteiger partial charge in [0.15, 0.2) is 0 Å². The Morgan fingerprint density at radius 3 is 1.87 bits per heavy atom. The van der Waals surface area contributed by atoms with E-state index in [9.17, 15) is 4.79 Å². The van der Waals surface area contributed by atoms with Crippen LogP contribution in [0.2, 0.25) is 0 Å². The van der Waals surface area contributed by atoms with Crippen LogP contribution in [0.5, 0.6) is 11.5 Å². The van der Waals surface area contributed by atoms with Crippen LogP contribution < -0.4 is 10.1 Å². The van der Waals surface area contributed by atoms with Crippen molar-refractivity contribution in [1.82, 2.24) is 5.32 Å². The predicted octanol–water partition coefficient (Wildman–Crippen LogP) is 6.31. The summed E-state index contributed by atoms with van der Waals surface area (Å²) in [5, 5.41) is 3.16. The van der Waals surface area contributed by atoms with Crippen molar-refractivity contribution >= 4 is 5.91 Å². The monoisotopic (exact) mass is 393 g/mol. The molecule has 3 nitrogen and oxygen atoms in total. The van der Waals surface area contributed by atoms with Crippen LogP contribution in [0.3, 0.4) is 0 Å². The Kier molecular flexibility index (Phi) is 5.90. The molecule has 0 saturated carbocycles. The number of hydrogen-bond acceptors (Lipinski definition) is 2. The third-order valence-corrected chi connectivity index (χ3v) is 4.88. The van der Waals surface area contributed by atoms with Crippen LogP contribution in [0.1, 0.15) is 33.1 Å². The van der Waals surface area contributed by atoms with Gasteiger partial charge in [-0.3, -0.25) is 4.79 Å². The van der Waals surface area contributed by atoms with Gasteiger partial charge in [0, 0.05) is 5.56 Å². The first-order chi connectivity index (χ1) is 14.7. The fourth-order valence-corrected chi connectivity index (χ4v) is 3.35. The number of carbonyl (C=O) groups excluding carboxylic acids is 1. The number of nitrogens with one attached hydrogen (secondary N) is 1. The molecule has 0 aliphatic rings. The molecule has 30 heavy (non-hydrogen) atoms. The third-order valence-electron chi connectivity index (χ3n) is 4.88. The van der Waals surface area contributed by atoms with Crippen molar-refractivity contribution in [3.63, 3.8) is 0 Å². The molecule has 0 aliphatic carbocycles. The lowest BCUT2D eigenvalue weighted by Crippen LogP contribution is -2.29. The second-order valence-corrected chi connectivity index (χ2v) is 7.17. The van der Waals surface area contributed by atoms with Gasteiger partial charge in [0.25, 0.3) is 5.91 Å². The fourth-order valence-electron chi connectivity index (χ4n) is 3.35. The number of hydrogen-bond donors (Lipinski definition) is 1. The van der Waals surface area contributed by atoms with E-state index in [0.717, 1.165) is 22.4 Å². The van der Waals surface area contributed by atoms with Crippen LogP contribution in [0.4, 0.5) is 0 Å². The van der Waals surface area contributed by atoms with Gasteiger partial charge in [-0.15, -0.1) is 0 Å². The number of aryl methyl sites for hydroxylation is 1. The van der Waals surface area contributed by atoms with Gasteiger partial charge in [0.1, 0.15) is 11.5 Å². The van der Waals surface area contributed by atoms with Crippen molar-refractivity contribution in [2.45, 2.75) is 13.0 Å². The molecule has 1 N–H and O–H groups in total. The summed E-state index contributed by atoms with van der Waals surface area (Å²) in [6.07, 6.45) is 0. The zero-order valence-corrected chi connectivity index (χ0v) is 16.8. The average molecular weight is 393 g/mol. The molecule has 0 heterocycles. The molecule has 0 radical (unpaired) electrons. The van der Waals surface area contributed by atoms with Gasteiger partial charge in [-0.1, -0.05) is 72.8 Å². The van der Waals surface area contributed by atoms with Gasteiger partial charge in [-0.2, -0.15) is 0 Å². The first-order valence-electron chi connectivity index (χ1n) is 9.94. The summed E-state index contributed by atoms with van der Waals surface area (Å²) in [7, 11) is 0. The van der Waals surface area contributed by atoms with Crippen molar-refractivity contribution in [3.8, 4) is 11.5 Å². The zero-order valence-electron chi connectivity index (χ0n) is 16.8. The highest BCUT2D eigenvalue weighted by molar-refractivity contribution is 5.94. The van der Waals surface area contributed by atoms with Gasteiger partial charge < -0.3 is 10.1 Å². The third kappa shape index (κ3) is 4.76. The van der Waals surface area contributed by atoms with Gasteiger partial charge >= 0.3 is 0 Å². The summed E-state index contributed by atoms with van der Waals surface area (Å²) in [4.78, 5) is 13.0. The highest BCUT2D eigenvalue weighted by Gasteiger charge is 2.17. The summed E-state index contributed by atoms with van der Waals surface area (Å²) < 4.78 is 5.88. The van der Waals surface area contributed by atoms with Crippen molar-refractivity contribution in [2.75, 3.05) is 0 Å². The number of ether oxygens (including phenoxy) is 1. The van der Waals surface area contributed by atoms with Gasteiger partial charge in [-0.25, -0.2) is 0 Å². The molecule has 0 atom stereocenters. The SMILES string of the molecule is Cc1cccc(Oc2ccc(C(=O)NC(c3ccccc3)c3ccccc3)cc2)c1. The van der Waals surface area contributed by atoms with E-state index in [1.165, 1.54) is 0 Å². The molecule has 1 amide bonds. The van der Waals surface area contributed by atoms with E-state index in [-0.39, 0.29) is 11.9 Å². The van der Waals surface area contributed by atoms with Crippen molar-refractivity contribution in [2.24, 2.45) is 0 Å². The van der Waals surface area contributed by atoms with Crippen molar-refractivity contribution in [1.29, 1.82) is 0 Å². The first-order valence-corrected chi connectivity index (χ1v) is 9.94. The van der Waals surface area contributed by atoms with E-state index < -0.39 is 0 Å². The largest absolute Gasteiger partial charge is 0.457 e. The van der Waals surface area contributed by atoms with Gasteiger partial charge in [0.05, 0.1) is 6.04 Å². The molecular weight excluding hydrogens is 370 g/mol. The van der Waals surface area contributed by atoms with E-state index in [1.54, 1.807) is 12.1 Å². The summed E-state index contributed by atoms with van der Waals surface area (Å²) in [6.45, 7) is 2.02. The molecule has 148 valence electrons. The minimum atomic E-state index is -0.219. The van der Waals surface area contributed by atoms with Crippen LogP contribution in [0, 0.1) is 6.92 Å². The average Bonchev–Trinajstić information content (AvgIpc) is 2.79. The van der Waals surface area contributed by atoms with E-state index >= 15 is 0 Å². The second-order valence-electron chi connectivity index (χ2n) is 7.17. The summed E-state index contributed by atoms with van der Waals surface area (Å²) >= 11 is 0. The minimum absolute atomic E-state index is 0.130. The van der Waals surface area contributed by atoms with E-state index in [0.29, 0.717) is 11.3 Å². The summed E-state index contributed by atoms with van der Waals surface area (Å²) in [5.41, 5.74) is 3.80. The van der Waals surface area contributed by atoms with Crippen LogP contribution >= 0.6 is 0 Å². The Balaban J connectivity index is 1.51. The standard InChI is InChI=1S/C27H23NO2/c1-20-9-8-14-25(19-20)30-24-17-15-23(16-18-24)27(29)28-26(21-10-4-2-5-11-21)22-12-6-3-7-13-22/h2-19,26H,1H3,(H,28,29). The molecule has 4 aromatic rings. The minimum Gasteiger partial charge on any atom is -0.457 e.